The minimum atomic E-state index is -3.64. The molecule has 3 aromatic rings. The number of anilines is 2. The highest BCUT2D eigenvalue weighted by Gasteiger charge is 2.22. The minimum Gasteiger partial charge on any atom is -0.506 e. The highest BCUT2D eigenvalue weighted by molar-refractivity contribution is 7.93. The molecule has 0 radical (unpaired) electrons. The summed E-state index contributed by atoms with van der Waals surface area (Å²) >= 11 is 6.78. The number of sulfonamides is 1. The van der Waals surface area contributed by atoms with E-state index >= 15 is 0 Å². The third-order valence-corrected chi connectivity index (χ3v) is 6.82. The molecule has 168 valence electrons. The SMILES string of the molecule is COc1ccc(O)c(Cl)c1.O=C1CCCN1c1ccc(S(=O)(=O)Nc2nccs2)cc1.[HH].[HH]. The highest BCUT2D eigenvalue weighted by atomic mass is 35.5. The lowest BCUT2D eigenvalue weighted by Gasteiger charge is -2.16. The number of rotatable bonds is 5. The lowest BCUT2D eigenvalue weighted by atomic mass is 10.3. The number of phenols is 1. The summed E-state index contributed by atoms with van der Waals surface area (Å²) in [5, 5.41) is 11.3. The van der Waals surface area contributed by atoms with Gasteiger partial charge in [-0.2, -0.15) is 0 Å². The Hall–Kier alpha value is -2.82. The van der Waals surface area contributed by atoms with Crippen LogP contribution < -0.4 is 14.4 Å². The molecule has 2 heterocycles. The number of hydrogen-bond acceptors (Lipinski definition) is 7. The average Bonchev–Trinajstić information content (AvgIpc) is 3.42. The van der Waals surface area contributed by atoms with Crippen LogP contribution in [0.15, 0.2) is 58.9 Å². The molecule has 0 atom stereocenters. The van der Waals surface area contributed by atoms with Crippen LogP contribution >= 0.6 is 22.9 Å². The number of phenolic OH excluding ortho intramolecular Hbond substituents is 1. The first-order chi connectivity index (χ1) is 14.8. The predicted octanol–water partition coefficient (Wildman–Crippen LogP) is 4.62. The third kappa shape index (κ3) is 5.87. The molecule has 8 nitrogen and oxygen atoms in total. The van der Waals surface area contributed by atoms with E-state index in [1.165, 1.54) is 35.7 Å². The molecule has 0 spiro atoms. The topological polar surface area (TPSA) is 109 Å². The van der Waals surface area contributed by atoms with Crippen molar-refractivity contribution in [3.8, 4) is 11.5 Å². The molecule has 2 aromatic carbocycles. The van der Waals surface area contributed by atoms with Crippen molar-refractivity contribution in [1.82, 2.24) is 4.98 Å². The molecular formula is C20H24ClN3O5S2. The summed E-state index contributed by atoms with van der Waals surface area (Å²) in [6.07, 6.45) is 2.92. The van der Waals surface area contributed by atoms with E-state index in [2.05, 4.69) is 9.71 Å². The number of methoxy groups -OCH3 is 1. The van der Waals surface area contributed by atoms with E-state index in [0.29, 0.717) is 28.9 Å². The third-order valence-electron chi connectivity index (χ3n) is 4.34. The smallest absolute Gasteiger partial charge is 0.263 e. The quantitative estimate of drug-likeness (QED) is 0.546. The van der Waals surface area contributed by atoms with Crippen LogP contribution in [0.2, 0.25) is 5.02 Å². The second-order valence-electron chi connectivity index (χ2n) is 6.40. The summed E-state index contributed by atoms with van der Waals surface area (Å²) in [5.74, 6) is 0.789. The van der Waals surface area contributed by atoms with Crippen LogP contribution in [0.1, 0.15) is 15.7 Å². The first-order valence-corrected chi connectivity index (χ1v) is 11.9. The molecule has 1 aliphatic heterocycles. The fraction of sp³-hybridized carbons (Fsp3) is 0.200. The van der Waals surface area contributed by atoms with Crippen LogP contribution in [0.4, 0.5) is 10.8 Å². The Balaban J connectivity index is 0.000000388. The largest absolute Gasteiger partial charge is 0.506 e. The van der Waals surface area contributed by atoms with Crippen molar-refractivity contribution in [3.63, 3.8) is 0 Å². The van der Waals surface area contributed by atoms with Gasteiger partial charge in [-0.05, 0) is 42.8 Å². The van der Waals surface area contributed by atoms with Gasteiger partial charge in [0, 0.05) is 39.1 Å². The maximum Gasteiger partial charge on any atom is 0.263 e. The van der Waals surface area contributed by atoms with Gasteiger partial charge in [0.1, 0.15) is 11.5 Å². The van der Waals surface area contributed by atoms with Crippen LogP contribution in [0.5, 0.6) is 11.5 Å². The van der Waals surface area contributed by atoms with Gasteiger partial charge in [-0.1, -0.05) is 11.6 Å². The number of nitrogens with one attached hydrogen (secondary N) is 1. The maximum absolute atomic E-state index is 12.2. The number of nitrogens with zero attached hydrogens (tertiary/aromatic N) is 2. The van der Waals surface area contributed by atoms with Gasteiger partial charge in [0.2, 0.25) is 5.91 Å². The molecule has 0 aliphatic carbocycles. The number of carbonyl (C=O) groups excluding carboxylic acids is 1. The van der Waals surface area contributed by atoms with Gasteiger partial charge in [0.05, 0.1) is 17.0 Å². The van der Waals surface area contributed by atoms with Gasteiger partial charge in [0.25, 0.3) is 10.0 Å². The Bertz CT molecular complexity index is 1150. The summed E-state index contributed by atoms with van der Waals surface area (Å²) in [6.45, 7) is 0.683. The first kappa shape index (κ1) is 22.9. The van der Waals surface area contributed by atoms with Crippen LogP contribution in [0.3, 0.4) is 0 Å². The number of benzene rings is 2. The van der Waals surface area contributed by atoms with Gasteiger partial charge in [-0.3, -0.25) is 9.52 Å². The zero-order valence-electron chi connectivity index (χ0n) is 16.5. The second-order valence-corrected chi connectivity index (χ2v) is 9.39. The second kappa shape index (κ2) is 9.99. The zero-order valence-corrected chi connectivity index (χ0v) is 18.9. The molecule has 0 bridgehead atoms. The van der Waals surface area contributed by atoms with Crippen LogP contribution in [-0.4, -0.2) is 38.1 Å². The summed E-state index contributed by atoms with van der Waals surface area (Å²) in [4.78, 5) is 17.4. The normalized spacial score (nSPS) is 13.5. The molecule has 0 saturated carbocycles. The van der Waals surface area contributed by atoms with Crippen molar-refractivity contribution in [2.45, 2.75) is 17.7 Å². The van der Waals surface area contributed by atoms with Gasteiger partial charge in [-0.15, -0.1) is 11.3 Å². The monoisotopic (exact) mass is 485 g/mol. The Morgan fingerprint density at radius 1 is 1.26 bits per heavy atom. The Labute approximate surface area is 192 Å². The number of halogens is 1. The van der Waals surface area contributed by atoms with Crippen molar-refractivity contribution in [3.05, 3.63) is 59.1 Å². The molecule has 11 heteroatoms. The van der Waals surface area contributed by atoms with Gasteiger partial charge >= 0.3 is 0 Å². The predicted molar refractivity (Wildman–Crippen MR) is 125 cm³/mol. The van der Waals surface area contributed by atoms with E-state index in [1.54, 1.807) is 41.7 Å². The van der Waals surface area contributed by atoms with E-state index in [0.717, 1.165) is 12.1 Å². The Morgan fingerprint density at radius 3 is 2.55 bits per heavy atom. The number of amides is 1. The Kier molecular flexibility index (Phi) is 7.37. The molecule has 2 N–H and O–H groups in total. The minimum absolute atomic E-state index is 0. The fourth-order valence-electron chi connectivity index (χ4n) is 2.79. The zero-order chi connectivity index (χ0) is 22.4. The van der Waals surface area contributed by atoms with Crippen LogP contribution in [-0.2, 0) is 14.8 Å². The first-order valence-electron chi connectivity index (χ1n) is 9.15. The molecule has 0 unspecified atom stereocenters. The number of ether oxygens (including phenoxy) is 1. The molecule has 31 heavy (non-hydrogen) atoms. The summed E-state index contributed by atoms with van der Waals surface area (Å²) in [6, 6.07) is 11.0. The number of aromatic nitrogens is 1. The van der Waals surface area contributed by atoms with Crippen molar-refractivity contribution < 1.29 is 25.9 Å². The van der Waals surface area contributed by atoms with Gasteiger partial charge in [0.15, 0.2) is 5.13 Å². The summed E-state index contributed by atoms with van der Waals surface area (Å²) in [5.41, 5.74) is 0.727. The number of carbonyl (C=O) groups is 1. The van der Waals surface area contributed by atoms with Gasteiger partial charge < -0.3 is 14.7 Å². The summed E-state index contributed by atoms with van der Waals surface area (Å²) < 4.78 is 31.6. The molecule has 1 amide bonds. The average molecular weight is 486 g/mol. The molecule has 4 rings (SSSR count). The summed E-state index contributed by atoms with van der Waals surface area (Å²) in [7, 11) is -2.10. The number of aromatic hydroxyl groups is 1. The van der Waals surface area contributed by atoms with Crippen molar-refractivity contribution in [1.29, 1.82) is 0 Å². The maximum atomic E-state index is 12.2. The van der Waals surface area contributed by atoms with Gasteiger partial charge in [-0.25, -0.2) is 13.4 Å². The molecule has 1 aromatic heterocycles. The molecule has 1 saturated heterocycles. The standard InChI is InChI=1S/C13H13N3O3S2.C7H7ClO2.2H2/c17-12-2-1-8-16(12)10-3-5-11(6-4-10)21(18,19)15-13-14-7-9-20-13;1-10-5-2-3-7(9)6(8)4-5;;/h3-7,9H,1-2,8H2,(H,14,15);2-4,9H,1H3;2*1H. The Morgan fingerprint density at radius 2 is 2.00 bits per heavy atom. The van der Waals surface area contributed by atoms with Crippen LogP contribution in [0, 0.1) is 0 Å². The molecule has 1 aliphatic rings. The number of hydrogen-bond donors (Lipinski definition) is 2. The van der Waals surface area contributed by atoms with E-state index in [1.807, 2.05) is 0 Å². The highest BCUT2D eigenvalue weighted by Crippen LogP contribution is 2.27. The van der Waals surface area contributed by atoms with E-state index in [4.69, 9.17) is 21.4 Å². The lowest BCUT2D eigenvalue weighted by Crippen LogP contribution is -2.23. The number of thiazole rings is 1. The van der Waals surface area contributed by atoms with Crippen LogP contribution in [0.25, 0.3) is 0 Å². The molecular weight excluding hydrogens is 462 g/mol. The molecule has 1 fully saturated rings. The fourth-order valence-corrected chi connectivity index (χ4v) is 4.75. The van der Waals surface area contributed by atoms with E-state index < -0.39 is 10.0 Å². The van der Waals surface area contributed by atoms with Crippen molar-refractivity contribution >= 4 is 49.7 Å². The van der Waals surface area contributed by atoms with Crippen molar-refractivity contribution in [2.75, 3.05) is 23.3 Å². The van der Waals surface area contributed by atoms with E-state index in [-0.39, 0.29) is 19.4 Å². The lowest BCUT2D eigenvalue weighted by molar-refractivity contribution is -0.117. The van der Waals surface area contributed by atoms with Crippen molar-refractivity contribution in [2.24, 2.45) is 0 Å². The van der Waals surface area contributed by atoms with E-state index in [9.17, 15) is 13.2 Å².